The predicted octanol–water partition coefficient (Wildman–Crippen LogP) is 3.06. The molecular weight excluding hydrogens is 510 g/mol. The number of benzene rings is 2. The molecule has 1 amide bonds. The van der Waals surface area contributed by atoms with Crippen molar-refractivity contribution in [3.63, 3.8) is 0 Å². The summed E-state index contributed by atoms with van der Waals surface area (Å²) in [6, 6.07) is 15.2. The highest BCUT2D eigenvalue weighted by molar-refractivity contribution is 9.10. The Kier molecular flexibility index (Phi) is 6.36. The summed E-state index contributed by atoms with van der Waals surface area (Å²) in [6.07, 6.45) is 1.55. The fourth-order valence-corrected chi connectivity index (χ4v) is 4.80. The molecule has 2 aromatic heterocycles. The molecule has 9 nitrogen and oxygen atoms in total. The summed E-state index contributed by atoms with van der Waals surface area (Å²) in [5, 5.41) is 12.5. The highest BCUT2D eigenvalue weighted by Gasteiger charge is 2.17. The molecule has 33 heavy (non-hydrogen) atoms. The van der Waals surface area contributed by atoms with Crippen LogP contribution in [0.2, 0.25) is 0 Å². The molecule has 0 spiro atoms. The van der Waals surface area contributed by atoms with Gasteiger partial charge in [0.25, 0.3) is 5.91 Å². The lowest BCUT2D eigenvalue weighted by atomic mass is 10.0. The Morgan fingerprint density at radius 2 is 1.85 bits per heavy atom. The zero-order valence-corrected chi connectivity index (χ0v) is 19.5. The van der Waals surface area contributed by atoms with Crippen LogP contribution in [0.4, 0.5) is 11.6 Å². The van der Waals surface area contributed by atoms with E-state index in [9.17, 15) is 13.2 Å². The zero-order valence-electron chi connectivity index (χ0n) is 17.1. The highest BCUT2D eigenvalue weighted by atomic mass is 79.9. The number of hydrogen-bond donors (Lipinski definition) is 3. The summed E-state index contributed by atoms with van der Waals surface area (Å²) in [4.78, 5) is 25.2. The van der Waals surface area contributed by atoms with E-state index in [4.69, 9.17) is 10.8 Å². The molecule has 4 rings (SSSR count). The first-order valence-corrected chi connectivity index (χ1v) is 12.2. The van der Waals surface area contributed by atoms with E-state index in [1.54, 1.807) is 24.4 Å². The molecule has 4 aromatic rings. The first-order chi connectivity index (χ1) is 15.8. The van der Waals surface area contributed by atoms with E-state index in [1.807, 2.05) is 24.3 Å². The average Bonchev–Trinajstić information content (AvgIpc) is 2.79. The van der Waals surface area contributed by atoms with Gasteiger partial charge in [0, 0.05) is 27.3 Å². The normalized spacial score (nSPS) is 11.5. The van der Waals surface area contributed by atoms with Gasteiger partial charge in [-0.15, -0.1) is 0 Å². The number of nitrogens with one attached hydrogen (secondary N) is 1. The van der Waals surface area contributed by atoms with Crippen LogP contribution in [0.25, 0.3) is 22.2 Å². The van der Waals surface area contributed by atoms with E-state index >= 15 is 0 Å². The van der Waals surface area contributed by atoms with Crippen molar-refractivity contribution in [1.82, 2.24) is 15.0 Å². The van der Waals surface area contributed by atoms with E-state index in [2.05, 4.69) is 36.2 Å². The molecule has 11 heteroatoms. The van der Waals surface area contributed by atoms with E-state index in [-0.39, 0.29) is 27.9 Å². The second kappa shape index (κ2) is 9.22. The van der Waals surface area contributed by atoms with Gasteiger partial charge in [0.05, 0.1) is 17.3 Å². The van der Waals surface area contributed by atoms with Crippen molar-refractivity contribution in [1.29, 1.82) is 0 Å². The summed E-state index contributed by atoms with van der Waals surface area (Å²) in [5.74, 6) is -0.906. The topological polar surface area (TPSA) is 148 Å². The van der Waals surface area contributed by atoms with Crippen molar-refractivity contribution in [2.24, 2.45) is 5.73 Å². The lowest BCUT2D eigenvalue weighted by molar-refractivity contribution is 0.0996. The standard InChI is InChI=1S/C22H18BrN5O4S/c23-18-7-2-1-6-16(18)17-10-13-12-25-22(28-21(13)27-19(17)20(24)30)26-14-4-3-5-15(11-14)33(31,32)9-8-29/h1-7,10-12,29H,8-9H2,(H2,24,30)(H,25,26,27,28). The molecule has 0 radical (unpaired) electrons. The molecule has 4 N–H and O–H groups in total. The number of pyridine rings is 1. The average molecular weight is 528 g/mol. The Morgan fingerprint density at radius 3 is 2.58 bits per heavy atom. The van der Waals surface area contributed by atoms with Crippen molar-refractivity contribution >= 4 is 54.3 Å². The predicted molar refractivity (Wildman–Crippen MR) is 128 cm³/mol. The number of halogens is 1. The summed E-state index contributed by atoms with van der Waals surface area (Å²) < 4.78 is 25.2. The van der Waals surface area contributed by atoms with E-state index in [0.717, 1.165) is 10.0 Å². The molecule has 0 saturated carbocycles. The number of nitrogens with two attached hydrogens (primary N) is 1. The minimum absolute atomic E-state index is 0.0644. The van der Waals surface area contributed by atoms with E-state index < -0.39 is 22.4 Å². The maximum Gasteiger partial charge on any atom is 0.268 e. The van der Waals surface area contributed by atoms with Gasteiger partial charge in [-0.3, -0.25) is 4.79 Å². The van der Waals surface area contributed by atoms with Crippen molar-refractivity contribution < 1.29 is 18.3 Å². The molecule has 0 aliphatic heterocycles. The van der Waals surface area contributed by atoms with Gasteiger partial charge in [0.1, 0.15) is 5.69 Å². The van der Waals surface area contributed by atoms with Gasteiger partial charge < -0.3 is 16.2 Å². The molecule has 168 valence electrons. The molecule has 2 aromatic carbocycles. The largest absolute Gasteiger partial charge is 0.395 e. The number of carbonyl (C=O) groups excluding carboxylic acids is 1. The zero-order chi connectivity index (χ0) is 23.6. The fraction of sp³-hybridized carbons (Fsp3) is 0.0909. The molecule has 2 heterocycles. The summed E-state index contributed by atoms with van der Waals surface area (Å²) >= 11 is 3.48. The van der Waals surface area contributed by atoms with Crippen LogP contribution in [-0.4, -0.2) is 46.7 Å². The van der Waals surface area contributed by atoms with Gasteiger partial charge in [0.15, 0.2) is 15.5 Å². The molecule has 0 aliphatic rings. The SMILES string of the molecule is NC(=O)c1nc2nc(Nc3cccc(S(=O)(=O)CCO)c3)ncc2cc1-c1ccccc1Br. The van der Waals surface area contributed by atoms with Gasteiger partial charge in [0.2, 0.25) is 5.95 Å². The number of fused-ring (bicyclic) bond motifs is 1. The van der Waals surface area contributed by atoms with Gasteiger partial charge in [-0.1, -0.05) is 40.2 Å². The Morgan fingerprint density at radius 1 is 1.06 bits per heavy atom. The number of primary amides is 1. The highest BCUT2D eigenvalue weighted by Crippen LogP contribution is 2.32. The Balaban J connectivity index is 1.73. The second-order valence-electron chi connectivity index (χ2n) is 7.03. The minimum Gasteiger partial charge on any atom is -0.395 e. The van der Waals surface area contributed by atoms with Crippen LogP contribution in [-0.2, 0) is 9.84 Å². The van der Waals surface area contributed by atoms with Crippen molar-refractivity contribution in [2.75, 3.05) is 17.7 Å². The number of nitrogens with zero attached hydrogens (tertiary/aromatic N) is 3. The Hall–Kier alpha value is -3.41. The van der Waals surface area contributed by atoms with Crippen molar-refractivity contribution in [2.45, 2.75) is 4.90 Å². The van der Waals surface area contributed by atoms with Crippen LogP contribution in [0.1, 0.15) is 10.5 Å². The number of anilines is 2. The fourth-order valence-electron chi connectivity index (χ4n) is 3.23. The molecule has 0 unspecified atom stereocenters. The summed E-state index contributed by atoms with van der Waals surface area (Å²) in [7, 11) is -3.61. The number of hydrogen-bond acceptors (Lipinski definition) is 8. The van der Waals surface area contributed by atoms with Crippen LogP contribution in [0, 0.1) is 0 Å². The van der Waals surface area contributed by atoms with Crippen LogP contribution in [0.3, 0.4) is 0 Å². The van der Waals surface area contributed by atoms with Gasteiger partial charge in [-0.2, -0.15) is 4.98 Å². The summed E-state index contributed by atoms with van der Waals surface area (Å²) in [6.45, 7) is -0.469. The van der Waals surface area contributed by atoms with Gasteiger partial charge >= 0.3 is 0 Å². The van der Waals surface area contributed by atoms with Crippen LogP contribution in [0.5, 0.6) is 0 Å². The van der Waals surface area contributed by atoms with Crippen molar-refractivity contribution in [3.05, 3.63) is 71.0 Å². The van der Waals surface area contributed by atoms with Crippen LogP contribution < -0.4 is 11.1 Å². The number of sulfone groups is 1. The number of aliphatic hydroxyl groups excluding tert-OH is 1. The Labute approximate surface area is 197 Å². The first kappa shape index (κ1) is 22.8. The third-order valence-corrected chi connectivity index (χ3v) is 7.16. The number of carbonyl (C=O) groups is 1. The molecule has 0 saturated heterocycles. The molecule has 0 bridgehead atoms. The maximum absolute atomic E-state index is 12.2. The number of rotatable bonds is 7. The third-order valence-electron chi connectivity index (χ3n) is 4.78. The molecule has 0 atom stereocenters. The number of aliphatic hydroxyl groups is 1. The maximum atomic E-state index is 12.2. The van der Waals surface area contributed by atoms with E-state index in [0.29, 0.717) is 16.6 Å². The van der Waals surface area contributed by atoms with Gasteiger partial charge in [-0.05, 0) is 35.9 Å². The van der Waals surface area contributed by atoms with E-state index in [1.165, 1.54) is 12.1 Å². The molecule has 0 aliphatic carbocycles. The quantitative estimate of drug-likeness (QED) is 0.332. The third kappa shape index (κ3) is 4.85. The van der Waals surface area contributed by atoms with Gasteiger partial charge in [-0.25, -0.2) is 18.4 Å². The lowest BCUT2D eigenvalue weighted by Crippen LogP contribution is -2.15. The number of aromatic nitrogens is 3. The smallest absolute Gasteiger partial charge is 0.268 e. The molecule has 0 fully saturated rings. The van der Waals surface area contributed by atoms with Crippen LogP contribution in [0.15, 0.2) is 70.2 Å². The Bertz CT molecular complexity index is 1480. The minimum atomic E-state index is -3.61. The molecular formula is C22H18BrN5O4S. The monoisotopic (exact) mass is 527 g/mol. The van der Waals surface area contributed by atoms with Crippen molar-refractivity contribution in [3.8, 4) is 11.1 Å². The first-order valence-electron chi connectivity index (χ1n) is 9.72. The summed E-state index contributed by atoms with van der Waals surface area (Å²) in [5.41, 5.74) is 7.64. The number of amides is 1. The second-order valence-corrected chi connectivity index (χ2v) is 9.99. The van der Waals surface area contributed by atoms with Crippen LogP contribution >= 0.6 is 15.9 Å². The lowest BCUT2D eigenvalue weighted by Gasteiger charge is -2.11.